The van der Waals surface area contributed by atoms with Crippen LogP contribution in [0.3, 0.4) is 0 Å². The summed E-state index contributed by atoms with van der Waals surface area (Å²) in [6.07, 6.45) is 8.98. The van der Waals surface area contributed by atoms with Gasteiger partial charge < -0.3 is 4.74 Å². The van der Waals surface area contributed by atoms with E-state index in [-0.39, 0.29) is 16.7 Å². The monoisotopic (exact) mass is 343 g/mol. The lowest BCUT2D eigenvalue weighted by Gasteiger charge is -2.60. The second-order valence-corrected chi connectivity index (χ2v) is 10.3. The number of nitrogens with one attached hydrogen (secondary N) is 1. The van der Waals surface area contributed by atoms with E-state index in [1.165, 1.54) is 37.7 Å². The van der Waals surface area contributed by atoms with E-state index in [0.717, 1.165) is 12.5 Å². The van der Waals surface area contributed by atoms with Crippen molar-refractivity contribution in [3.05, 3.63) is 11.6 Å². The molecule has 3 aliphatic carbocycles. The zero-order valence-electron chi connectivity index (χ0n) is 16.2. The van der Waals surface area contributed by atoms with Gasteiger partial charge in [-0.3, -0.25) is 10.1 Å². The minimum Gasteiger partial charge on any atom is -0.358 e. The molecule has 1 N–H and O–H groups in total. The smallest absolute Gasteiger partial charge is 0.159 e. The molecule has 2 heterocycles. The van der Waals surface area contributed by atoms with Gasteiger partial charge in [0.05, 0.1) is 6.10 Å². The summed E-state index contributed by atoms with van der Waals surface area (Å²) < 4.78 is 6.34. The van der Waals surface area contributed by atoms with Gasteiger partial charge in [0.15, 0.2) is 5.78 Å². The van der Waals surface area contributed by atoms with Crippen LogP contribution in [0.25, 0.3) is 0 Å². The normalized spacial score (nSPS) is 54.1. The number of hydrogen-bond donors (Lipinski definition) is 1. The van der Waals surface area contributed by atoms with Crippen molar-refractivity contribution in [1.29, 1.82) is 0 Å². The molecule has 2 saturated carbocycles. The van der Waals surface area contributed by atoms with Crippen LogP contribution >= 0.6 is 0 Å². The van der Waals surface area contributed by atoms with E-state index in [1.807, 2.05) is 0 Å². The SMILES string of the molecule is CC(C)[C@H]1C(=O)C=C2[C@@H]3CC[C@@H]4C[C@H]5NC[C@H](O5)[C@]4(C)[C@H]3CC[C@@]21C. The molecule has 3 heteroatoms. The van der Waals surface area contributed by atoms with E-state index in [9.17, 15) is 4.79 Å². The first-order valence-corrected chi connectivity index (χ1v) is 10.5. The van der Waals surface area contributed by atoms with E-state index in [1.54, 1.807) is 0 Å². The van der Waals surface area contributed by atoms with Crippen LogP contribution in [0.4, 0.5) is 0 Å². The fourth-order valence-corrected chi connectivity index (χ4v) is 7.94. The van der Waals surface area contributed by atoms with Crippen molar-refractivity contribution in [2.45, 2.75) is 72.1 Å². The Morgan fingerprint density at radius 3 is 2.80 bits per heavy atom. The molecule has 0 unspecified atom stereocenters. The molecule has 0 amide bonds. The van der Waals surface area contributed by atoms with Crippen LogP contribution in [-0.4, -0.2) is 24.7 Å². The van der Waals surface area contributed by atoms with Crippen LogP contribution in [0.5, 0.6) is 0 Å². The van der Waals surface area contributed by atoms with Gasteiger partial charge in [-0.05, 0) is 67.3 Å². The Morgan fingerprint density at radius 2 is 2.04 bits per heavy atom. The Morgan fingerprint density at radius 1 is 1.24 bits per heavy atom. The van der Waals surface area contributed by atoms with Crippen LogP contribution < -0.4 is 5.32 Å². The zero-order chi connectivity index (χ0) is 17.6. The maximum absolute atomic E-state index is 12.8. The van der Waals surface area contributed by atoms with Crippen LogP contribution in [-0.2, 0) is 9.53 Å². The number of fused-ring (bicyclic) bond motifs is 8. The summed E-state index contributed by atoms with van der Waals surface area (Å²) in [5, 5.41) is 3.59. The van der Waals surface area contributed by atoms with Gasteiger partial charge in [-0.15, -0.1) is 0 Å². The summed E-state index contributed by atoms with van der Waals surface area (Å²) in [6, 6.07) is 0. The first-order chi connectivity index (χ1) is 11.9. The van der Waals surface area contributed by atoms with Crippen molar-refractivity contribution >= 4 is 5.78 Å². The predicted molar refractivity (Wildman–Crippen MR) is 97.9 cm³/mol. The van der Waals surface area contributed by atoms with E-state index in [4.69, 9.17) is 4.74 Å². The molecular formula is C22H33NO2. The van der Waals surface area contributed by atoms with Gasteiger partial charge in [-0.25, -0.2) is 0 Å². The molecule has 2 aliphatic heterocycles. The molecule has 5 rings (SSSR count). The molecule has 5 aliphatic rings. The predicted octanol–water partition coefficient (Wildman–Crippen LogP) is 3.93. The average Bonchev–Trinajstić information content (AvgIpc) is 3.08. The van der Waals surface area contributed by atoms with Gasteiger partial charge in [-0.1, -0.05) is 33.3 Å². The average molecular weight is 344 g/mol. The lowest BCUT2D eigenvalue weighted by Crippen LogP contribution is -2.57. The highest BCUT2D eigenvalue weighted by atomic mass is 16.5. The fourth-order valence-electron chi connectivity index (χ4n) is 7.94. The van der Waals surface area contributed by atoms with E-state index in [2.05, 4.69) is 39.1 Å². The summed E-state index contributed by atoms with van der Waals surface area (Å²) >= 11 is 0. The first-order valence-electron chi connectivity index (χ1n) is 10.5. The minimum absolute atomic E-state index is 0.113. The number of ketones is 1. The highest BCUT2D eigenvalue weighted by Crippen LogP contribution is 2.66. The van der Waals surface area contributed by atoms with Gasteiger partial charge >= 0.3 is 0 Å². The molecule has 8 atom stereocenters. The molecule has 0 aromatic rings. The Balaban J connectivity index is 1.53. The highest BCUT2D eigenvalue weighted by molar-refractivity contribution is 5.97. The number of ether oxygens (including phenoxy) is 1. The maximum atomic E-state index is 12.8. The van der Waals surface area contributed by atoms with E-state index >= 15 is 0 Å². The second kappa shape index (κ2) is 5.19. The topological polar surface area (TPSA) is 38.3 Å². The second-order valence-electron chi connectivity index (χ2n) is 10.3. The summed E-state index contributed by atoms with van der Waals surface area (Å²) in [6.45, 7) is 10.4. The molecule has 0 radical (unpaired) electrons. The third-order valence-corrected chi connectivity index (χ3v) is 9.03. The Bertz CT molecular complexity index is 640. The number of carbonyl (C=O) groups is 1. The van der Waals surface area contributed by atoms with E-state index < -0.39 is 0 Å². The molecule has 0 spiro atoms. The lowest BCUT2D eigenvalue weighted by atomic mass is 9.46. The van der Waals surface area contributed by atoms with Crippen LogP contribution in [0.1, 0.15) is 59.8 Å². The molecule has 138 valence electrons. The number of rotatable bonds is 1. The van der Waals surface area contributed by atoms with Crippen LogP contribution in [0, 0.1) is 40.4 Å². The van der Waals surface area contributed by atoms with Gasteiger partial charge in [0.2, 0.25) is 0 Å². The zero-order valence-corrected chi connectivity index (χ0v) is 16.2. The Kier molecular flexibility index (Phi) is 3.43. The molecule has 2 bridgehead atoms. The summed E-state index contributed by atoms with van der Waals surface area (Å²) in [4.78, 5) is 12.8. The molecule has 3 nitrogen and oxygen atoms in total. The fraction of sp³-hybridized carbons (Fsp3) is 0.864. The van der Waals surface area contributed by atoms with Crippen molar-refractivity contribution in [2.24, 2.45) is 40.4 Å². The molecule has 25 heavy (non-hydrogen) atoms. The Hall–Kier alpha value is -0.670. The number of hydrogen-bond acceptors (Lipinski definition) is 3. The minimum atomic E-state index is 0.113. The first kappa shape index (κ1) is 16.5. The summed E-state index contributed by atoms with van der Waals surface area (Å²) in [5.74, 6) is 3.13. The Labute approximate surface area is 152 Å². The van der Waals surface area contributed by atoms with Crippen molar-refractivity contribution in [3.8, 4) is 0 Å². The van der Waals surface area contributed by atoms with Crippen molar-refractivity contribution in [3.63, 3.8) is 0 Å². The molecule has 0 aromatic heterocycles. The standard InChI is InChI=1S/C22H33NO2/c1-12(2)20-17(24)10-16-14-6-5-13-9-19-23-11-18(25-19)22(13,4)15(14)7-8-21(16,20)3/h10,12-15,18-20,23H,5-9,11H2,1-4H3/t13-,14-,15+,18+,19+,20+,21+,22+/m1/s1. The van der Waals surface area contributed by atoms with Gasteiger partial charge in [-0.2, -0.15) is 0 Å². The lowest BCUT2D eigenvalue weighted by molar-refractivity contribution is -0.173. The van der Waals surface area contributed by atoms with Gasteiger partial charge in [0.1, 0.15) is 6.23 Å². The van der Waals surface area contributed by atoms with Crippen molar-refractivity contribution in [2.75, 3.05) is 6.54 Å². The third-order valence-electron chi connectivity index (χ3n) is 9.03. The number of allylic oxidation sites excluding steroid dienone is 2. The number of carbonyl (C=O) groups excluding carboxylic acids is 1. The van der Waals surface area contributed by atoms with E-state index in [0.29, 0.717) is 35.9 Å². The molecule has 2 saturated heterocycles. The quantitative estimate of drug-likeness (QED) is 0.784. The van der Waals surface area contributed by atoms with Crippen LogP contribution in [0.2, 0.25) is 0 Å². The largest absolute Gasteiger partial charge is 0.358 e. The van der Waals surface area contributed by atoms with Crippen molar-refractivity contribution in [1.82, 2.24) is 5.32 Å². The van der Waals surface area contributed by atoms with Gasteiger partial charge in [0, 0.05) is 17.9 Å². The molecular weight excluding hydrogens is 310 g/mol. The third kappa shape index (κ3) is 1.97. The summed E-state index contributed by atoms with van der Waals surface area (Å²) in [5.41, 5.74) is 1.91. The molecule has 0 aromatic carbocycles. The summed E-state index contributed by atoms with van der Waals surface area (Å²) in [7, 11) is 0. The molecule has 4 fully saturated rings. The van der Waals surface area contributed by atoms with Crippen molar-refractivity contribution < 1.29 is 9.53 Å². The highest BCUT2D eigenvalue weighted by Gasteiger charge is 2.63. The van der Waals surface area contributed by atoms with Gasteiger partial charge in [0.25, 0.3) is 0 Å². The maximum Gasteiger partial charge on any atom is 0.159 e. The van der Waals surface area contributed by atoms with Crippen LogP contribution in [0.15, 0.2) is 11.6 Å².